The van der Waals surface area contributed by atoms with Crippen molar-refractivity contribution in [2.45, 2.75) is 25.0 Å². The standard InChI is InChI=1S/C19H25FN4O4/c1-13(25)24-10-16(17(26)21-15-6-4-5-14(20)9-15)28-19(12-24)7-8-23(11-19)18(27)22(2)3/h4-6,9,16H,7-8,10-12H2,1-3H3,(H,21,26)/t16-,19-/m1/s1. The molecule has 0 saturated carbocycles. The van der Waals surface area contributed by atoms with E-state index >= 15 is 0 Å². The third-order valence-electron chi connectivity index (χ3n) is 5.06. The van der Waals surface area contributed by atoms with E-state index in [9.17, 15) is 18.8 Å². The molecule has 0 aliphatic carbocycles. The van der Waals surface area contributed by atoms with E-state index in [-0.39, 0.29) is 18.5 Å². The average Bonchev–Trinajstić information content (AvgIpc) is 3.03. The quantitative estimate of drug-likeness (QED) is 0.818. The number of anilines is 1. The molecule has 28 heavy (non-hydrogen) atoms. The van der Waals surface area contributed by atoms with Gasteiger partial charge in [-0.15, -0.1) is 0 Å². The van der Waals surface area contributed by atoms with E-state index in [4.69, 9.17) is 4.74 Å². The van der Waals surface area contributed by atoms with Crippen molar-refractivity contribution in [2.24, 2.45) is 0 Å². The minimum Gasteiger partial charge on any atom is -0.356 e. The molecule has 2 saturated heterocycles. The molecule has 0 unspecified atom stereocenters. The maximum atomic E-state index is 13.4. The molecule has 1 aromatic rings. The van der Waals surface area contributed by atoms with Crippen LogP contribution < -0.4 is 5.32 Å². The lowest BCUT2D eigenvalue weighted by Gasteiger charge is -2.43. The monoisotopic (exact) mass is 392 g/mol. The number of hydrogen-bond donors (Lipinski definition) is 1. The van der Waals surface area contributed by atoms with Crippen LogP contribution in [-0.2, 0) is 14.3 Å². The highest BCUT2D eigenvalue weighted by Crippen LogP contribution is 2.32. The van der Waals surface area contributed by atoms with E-state index in [1.54, 1.807) is 30.0 Å². The number of nitrogens with one attached hydrogen (secondary N) is 1. The second kappa shape index (κ2) is 7.75. The number of hydrogen-bond acceptors (Lipinski definition) is 4. The minimum absolute atomic E-state index is 0.111. The molecule has 2 heterocycles. The molecule has 2 aliphatic heterocycles. The molecule has 1 spiro atoms. The van der Waals surface area contributed by atoms with Gasteiger partial charge in [0.25, 0.3) is 5.91 Å². The molecule has 2 aliphatic rings. The molecule has 8 nitrogen and oxygen atoms in total. The van der Waals surface area contributed by atoms with Crippen molar-refractivity contribution in [1.82, 2.24) is 14.7 Å². The van der Waals surface area contributed by atoms with Gasteiger partial charge in [0.05, 0.1) is 19.6 Å². The molecule has 2 atom stereocenters. The first-order valence-corrected chi connectivity index (χ1v) is 9.15. The Kier molecular flexibility index (Phi) is 5.55. The number of benzene rings is 1. The van der Waals surface area contributed by atoms with Crippen molar-refractivity contribution < 1.29 is 23.5 Å². The van der Waals surface area contributed by atoms with Gasteiger partial charge in [0.2, 0.25) is 5.91 Å². The first kappa shape index (κ1) is 20.1. The topological polar surface area (TPSA) is 82.2 Å². The number of likely N-dealkylation sites (tertiary alicyclic amines) is 1. The molecule has 9 heteroatoms. The number of rotatable bonds is 2. The normalized spacial score (nSPS) is 24.4. The maximum absolute atomic E-state index is 13.4. The Morgan fingerprint density at radius 3 is 2.61 bits per heavy atom. The van der Waals surface area contributed by atoms with Crippen LogP contribution in [0.15, 0.2) is 24.3 Å². The molecule has 0 aromatic heterocycles. The summed E-state index contributed by atoms with van der Waals surface area (Å²) in [5.41, 5.74) is -0.474. The predicted molar refractivity (Wildman–Crippen MR) is 100 cm³/mol. The number of ether oxygens (including phenoxy) is 1. The highest BCUT2D eigenvalue weighted by atomic mass is 19.1. The average molecular weight is 392 g/mol. The highest BCUT2D eigenvalue weighted by molar-refractivity contribution is 5.94. The lowest BCUT2D eigenvalue weighted by Crippen LogP contribution is -2.60. The number of carbonyl (C=O) groups excluding carboxylic acids is 3. The first-order chi connectivity index (χ1) is 13.2. The fraction of sp³-hybridized carbons (Fsp3) is 0.526. The van der Waals surface area contributed by atoms with Crippen molar-refractivity contribution >= 4 is 23.5 Å². The van der Waals surface area contributed by atoms with Gasteiger partial charge in [-0.25, -0.2) is 9.18 Å². The molecule has 152 valence electrons. The van der Waals surface area contributed by atoms with E-state index in [2.05, 4.69) is 5.32 Å². The molecule has 0 bridgehead atoms. The SMILES string of the molecule is CC(=O)N1C[C@H](C(=O)Nc2cccc(F)c2)O[C@@]2(CCN(C(=O)N(C)C)C2)C1. The third-order valence-corrected chi connectivity index (χ3v) is 5.06. The van der Waals surface area contributed by atoms with Crippen molar-refractivity contribution in [3.63, 3.8) is 0 Å². The molecule has 1 N–H and O–H groups in total. The summed E-state index contributed by atoms with van der Waals surface area (Å²) in [4.78, 5) is 41.8. The van der Waals surface area contributed by atoms with Crippen molar-refractivity contribution in [2.75, 3.05) is 45.6 Å². The fourth-order valence-electron chi connectivity index (χ4n) is 3.67. The lowest BCUT2D eigenvalue weighted by molar-refractivity contribution is -0.171. The molecular weight excluding hydrogens is 367 g/mol. The zero-order valence-electron chi connectivity index (χ0n) is 16.3. The van der Waals surface area contributed by atoms with Crippen LogP contribution in [0.5, 0.6) is 0 Å². The minimum atomic E-state index is -0.907. The molecule has 1 aromatic carbocycles. The van der Waals surface area contributed by atoms with Crippen molar-refractivity contribution in [1.29, 1.82) is 0 Å². The summed E-state index contributed by atoms with van der Waals surface area (Å²) >= 11 is 0. The van der Waals surface area contributed by atoms with Crippen LogP contribution in [0.4, 0.5) is 14.9 Å². The van der Waals surface area contributed by atoms with E-state index < -0.39 is 23.4 Å². The Morgan fingerprint density at radius 2 is 1.96 bits per heavy atom. The Hall–Kier alpha value is -2.68. The summed E-state index contributed by atoms with van der Waals surface area (Å²) in [6.45, 7) is 2.67. The summed E-state index contributed by atoms with van der Waals surface area (Å²) in [7, 11) is 3.35. The molecular formula is C19H25FN4O4. The van der Waals surface area contributed by atoms with Crippen LogP contribution >= 0.6 is 0 Å². The highest BCUT2D eigenvalue weighted by Gasteiger charge is 2.49. The predicted octanol–water partition coefficient (Wildman–Crippen LogP) is 1.14. The number of morpholine rings is 1. The number of nitrogens with zero attached hydrogens (tertiary/aromatic N) is 3. The van der Waals surface area contributed by atoms with Crippen LogP contribution in [0, 0.1) is 5.82 Å². The largest absolute Gasteiger partial charge is 0.356 e. The van der Waals surface area contributed by atoms with Gasteiger partial charge in [-0.1, -0.05) is 6.07 Å². The van der Waals surface area contributed by atoms with Gasteiger partial charge >= 0.3 is 6.03 Å². The van der Waals surface area contributed by atoms with Crippen LogP contribution in [0.2, 0.25) is 0 Å². The zero-order valence-corrected chi connectivity index (χ0v) is 16.3. The van der Waals surface area contributed by atoms with Crippen LogP contribution in [0.3, 0.4) is 0 Å². The van der Waals surface area contributed by atoms with Crippen LogP contribution in [0.1, 0.15) is 13.3 Å². The van der Waals surface area contributed by atoms with Crippen molar-refractivity contribution in [3.05, 3.63) is 30.1 Å². The number of amides is 4. The number of carbonyl (C=O) groups is 3. The van der Waals surface area contributed by atoms with Crippen LogP contribution in [0.25, 0.3) is 0 Å². The molecule has 0 radical (unpaired) electrons. The summed E-state index contributed by atoms with van der Waals surface area (Å²) in [5, 5.41) is 2.64. The van der Waals surface area contributed by atoms with Crippen molar-refractivity contribution in [3.8, 4) is 0 Å². The van der Waals surface area contributed by atoms with Gasteiger partial charge in [0.1, 0.15) is 11.4 Å². The molecule has 2 fully saturated rings. The molecule has 3 rings (SSSR count). The summed E-state index contributed by atoms with van der Waals surface area (Å²) in [6.07, 6.45) is -0.379. The number of halogens is 1. The Balaban J connectivity index is 1.76. The smallest absolute Gasteiger partial charge is 0.319 e. The fourth-order valence-corrected chi connectivity index (χ4v) is 3.67. The summed E-state index contributed by atoms with van der Waals surface area (Å²) < 4.78 is 19.5. The second-order valence-corrected chi connectivity index (χ2v) is 7.54. The van der Waals surface area contributed by atoms with Crippen LogP contribution in [-0.4, -0.2) is 84.5 Å². The maximum Gasteiger partial charge on any atom is 0.319 e. The third kappa shape index (κ3) is 4.24. The summed E-state index contributed by atoms with van der Waals surface area (Å²) in [5.74, 6) is -1.07. The number of urea groups is 1. The zero-order chi connectivity index (χ0) is 20.5. The van der Waals surface area contributed by atoms with Gasteiger partial charge in [-0.2, -0.15) is 0 Å². The van der Waals surface area contributed by atoms with Gasteiger partial charge in [0, 0.05) is 33.3 Å². The first-order valence-electron chi connectivity index (χ1n) is 9.15. The Labute approximate surface area is 163 Å². The van der Waals surface area contributed by atoms with E-state index in [1.807, 2.05) is 0 Å². The Bertz CT molecular complexity index is 787. The lowest BCUT2D eigenvalue weighted by atomic mass is 9.98. The van der Waals surface area contributed by atoms with E-state index in [1.165, 1.54) is 30.0 Å². The van der Waals surface area contributed by atoms with E-state index in [0.717, 1.165) is 0 Å². The second-order valence-electron chi connectivity index (χ2n) is 7.54. The van der Waals surface area contributed by atoms with Gasteiger partial charge in [-0.05, 0) is 24.6 Å². The Morgan fingerprint density at radius 1 is 1.25 bits per heavy atom. The van der Waals surface area contributed by atoms with E-state index in [0.29, 0.717) is 31.7 Å². The van der Waals surface area contributed by atoms with Gasteiger partial charge in [0.15, 0.2) is 6.10 Å². The van der Waals surface area contributed by atoms with Gasteiger partial charge < -0.3 is 24.8 Å². The summed E-state index contributed by atoms with van der Waals surface area (Å²) in [6, 6.07) is 5.44. The van der Waals surface area contributed by atoms with Gasteiger partial charge in [-0.3, -0.25) is 9.59 Å². The molecule has 4 amide bonds.